The maximum Gasteiger partial charge on any atom is 0.134 e. The van der Waals surface area contributed by atoms with Crippen molar-refractivity contribution in [2.24, 2.45) is 0 Å². The van der Waals surface area contributed by atoms with Crippen LogP contribution in [0.4, 0.5) is 11.6 Å². The van der Waals surface area contributed by atoms with Gasteiger partial charge in [-0.15, -0.1) is 0 Å². The zero-order valence-corrected chi connectivity index (χ0v) is 12.8. The van der Waals surface area contributed by atoms with Crippen LogP contribution in [0.2, 0.25) is 0 Å². The summed E-state index contributed by atoms with van der Waals surface area (Å²) in [6.07, 6.45) is 2.78. The van der Waals surface area contributed by atoms with E-state index in [0.717, 1.165) is 36.8 Å². The number of rotatable bonds is 8. The molecule has 1 atom stereocenters. The van der Waals surface area contributed by atoms with Crippen molar-refractivity contribution in [1.29, 1.82) is 0 Å². The molecule has 0 aliphatic rings. The predicted molar refractivity (Wildman–Crippen MR) is 81.8 cm³/mol. The molecule has 19 heavy (non-hydrogen) atoms. The highest BCUT2D eigenvalue weighted by atomic mass is 15.1. The fraction of sp³-hybridized carbons (Fsp3) is 0.714. The Morgan fingerprint density at radius 2 is 1.84 bits per heavy atom. The van der Waals surface area contributed by atoms with Gasteiger partial charge in [0, 0.05) is 31.2 Å². The zero-order chi connectivity index (χ0) is 14.3. The molecule has 0 saturated heterocycles. The van der Waals surface area contributed by atoms with E-state index in [-0.39, 0.29) is 0 Å². The maximum absolute atomic E-state index is 4.30. The molecule has 1 aromatic rings. The number of nitrogens with one attached hydrogen (secondary N) is 2. The molecular formula is C14H27N5. The van der Waals surface area contributed by atoms with Crippen molar-refractivity contribution in [3.8, 4) is 0 Å². The van der Waals surface area contributed by atoms with Gasteiger partial charge >= 0.3 is 0 Å². The highest BCUT2D eigenvalue weighted by Gasteiger charge is 2.08. The van der Waals surface area contributed by atoms with E-state index in [0.29, 0.717) is 6.04 Å². The molecule has 0 aromatic carbocycles. The van der Waals surface area contributed by atoms with E-state index in [1.807, 2.05) is 6.92 Å². The van der Waals surface area contributed by atoms with E-state index in [9.17, 15) is 0 Å². The Balaban J connectivity index is 2.51. The van der Waals surface area contributed by atoms with E-state index in [1.54, 1.807) is 6.33 Å². The summed E-state index contributed by atoms with van der Waals surface area (Å²) in [7, 11) is 2.16. The van der Waals surface area contributed by atoms with Gasteiger partial charge in [0.1, 0.15) is 18.0 Å². The Hall–Kier alpha value is -1.36. The van der Waals surface area contributed by atoms with Crippen LogP contribution in [0.25, 0.3) is 0 Å². The van der Waals surface area contributed by atoms with Gasteiger partial charge in [0.2, 0.25) is 0 Å². The summed E-state index contributed by atoms with van der Waals surface area (Å²) in [5.74, 6) is 1.83. The van der Waals surface area contributed by atoms with Gasteiger partial charge in [0.25, 0.3) is 0 Å². The number of hydrogen-bond donors (Lipinski definition) is 2. The molecule has 1 rings (SSSR count). The normalized spacial score (nSPS) is 12.5. The van der Waals surface area contributed by atoms with Crippen LogP contribution in [-0.4, -0.2) is 47.6 Å². The van der Waals surface area contributed by atoms with Crippen LogP contribution in [0.3, 0.4) is 0 Å². The molecule has 5 nitrogen and oxygen atoms in total. The van der Waals surface area contributed by atoms with Gasteiger partial charge in [0.05, 0.1) is 0 Å². The van der Waals surface area contributed by atoms with Crippen molar-refractivity contribution in [2.75, 3.05) is 37.3 Å². The minimum absolute atomic E-state index is 0.616. The van der Waals surface area contributed by atoms with Crippen LogP contribution >= 0.6 is 0 Å². The van der Waals surface area contributed by atoms with Crippen LogP contribution in [-0.2, 0) is 0 Å². The third-order valence-electron chi connectivity index (χ3n) is 3.53. The molecule has 1 heterocycles. The number of aromatic nitrogens is 2. The molecule has 0 radical (unpaired) electrons. The summed E-state index contributed by atoms with van der Waals surface area (Å²) in [6, 6.07) is 0.616. The molecule has 0 amide bonds. The second-order valence-electron chi connectivity index (χ2n) is 4.89. The lowest BCUT2D eigenvalue weighted by atomic mass is 10.2. The van der Waals surface area contributed by atoms with Crippen LogP contribution in [0.15, 0.2) is 6.33 Å². The van der Waals surface area contributed by atoms with E-state index in [4.69, 9.17) is 0 Å². The number of nitrogens with zero attached hydrogens (tertiary/aromatic N) is 3. The van der Waals surface area contributed by atoms with Crippen LogP contribution in [0, 0.1) is 6.92 Å². The molecule has 2 N–H and O–H groups in total. The first-order valence-corrected chi connectivity index (χ1v) is 7.09. The van der Waals surface area contributed by atoms with E-state index >= 15 is 0 Å². The van der Waals surface area contributed by atoms with Gasteiger partial charge in [-0.1, -0.05) is 6.92 Å². The Morgan fingerprint density at radius 1 is 1.21 bits per heavy atom. The lowest BCUT2D eigenvalue weighted by molar-refractivity contribution is 0.261. The minimum Gasteiger partial charge on any atom is -0.370 e. The van der Waals surface area contributed by atoms with E-state index in [1.165, 1.54) is 6.42 Å². The number of hydrogen-bond acceptors (Lipinski definition) is 5. The smallest absolute Gasteiger partial charge is 0.134 e. The Bertz CT molecular complexity index is 380. The molecule has 0 aliphatic heterocycles. The first-order valence-electron chi connectivity index (χ1n) is 7.09. The first kappa shape index (κ1) is 15.7. The summed E-state index contributed by atoms with van der Waals surface area (Å²) in [5.41, 5.74) is 1.08. The summed E-state index contributed by atoms with van der Waals surface area (Å²) in [5, 5.41) is 6.63. The van der Waals surface area contributed by atoms with Crippen molar-refractivity contribution in [1.82, 2.24) is 14.9 Å². The van der Waals surface area contributed by atoms with Crippen LogP contribution < -0.4 is 10.6 Å². The van der Waals surface area contributed by atoms with Crippen molar-refractivity contribution in [3.05, 3.63) is 11.9 Å². The highest BCUT2D eigenvalue weighted by Crippen LogP contribution is 2.17. The fourth-order valence-electron chi connectivity index (χ4n) is 1.86. The van der Waals surface area contributed by atoms with Gasteiger partial charge in [-0.3, -0.25) is 0 Å². The standard InChI is InChI=1S/C14H27N5/c1-6-11(3)19(5)9-8-16-14-12(4)13(15-7-2)17-10-18-14/h10-11H,6-9H2,1-5H3,(H2,15,16,17,18). The third-order valence-corrected chi connectivity index (χ3v) is 3.53. The molecule has 5 heteroatoms. The van der Waals surface area contributed by atoms with E-state index < -0.39 is 0 Å². The summed E-state index contributed by atoms with van der Waals surface area (Å²) < 4.78 is 0. The summed E-state index contributed by atoms with van der Waals surface area (Å²) in [6.45, 7) is 11.3. The number of likely N-dealkylation sites (N-methyl/N-ethyl adjacent to an activating group) is 1. The SMILES string of the molecule is CCNc1ncnc(NCCN(C)C(C)CC)c1C. The summed E-state index contributed by atoms with van der Waals surface area (Å²) >= 11 is 0. The molecular weight excluding hydrogens is 238 g/mol. The average Bonchev–Trinajstić information content (AvgIpc) is 2.42. The Labute approximate surface area is 116 Å². The van der Waals surface area contributed by atoms with Gasteiger partial charge < -0.3 is 15.5 Å². The summed E-state index contributed by atoms with van der Waals surface area (Å²) in [4.78, 5) is 10.9. The van der Waals surface area contributed by atoms with Crippen molar-refractivity contribution < 1.29 is 0 Å². The van der Waals surface area contributed by atoms with Gasteiger partial charge in [-0.2, -0.15) is 0 Å². The van der Waals surface area contributed by atoms with Crippen molar-refractivity contribution in [3.63, 3.8) is 0 Å². The predicted octanol–water partition coefficient (Wildman–Crippen LogP) is 2.36. The molecule has 0 fully saturated rings. The van der Waals surface area contributed by atoms with Crippen LogP contribution in [0.1, 0.15) is 32.8 Å². The molecule has 0 saturated carbocycles. The van der Waals surface area contributed by atoms with Crippen molar-refractivity contribution in [2.45, 2.75) is 40.2 Å². The molecule has 0 spiro atoms. The van der Waals surface area contributed by atoms with Gasteiger partial charge in [-0.25, -0.2) is 9.97 Å². The quantitative estimate of drug-likeness (QED) is 0.755. The maximum atomic E-state index is 4.30. The molecule has 1 aromatic heterocycles. The first-order chi connectivity index (χ1) is 9.10. The van der Waals surface area contributed by atoms with Gasteiger partial charge in [-0.05, 0) is 34.2 Å². The fourth-order valence-corrected chi connectivity index (χ4v) is 1.86. The topological polar surface area (TPSA) is 53.1 Å². The van der Waals surface area contributed by atoms with Crippen molar-refractivity contribution >= 4 is 11.6 Å². The largest absolute Gasteiger partial charge is 0.370 e. The Morgan fingerprint density at radius 3 is 2.42 bits per heavy atom. The van der Waals surface area contributed by atoms with Gasteiger partial charge in [0.15, 0.2) is 0 Å². The highest BCUT2D eigenvalue weighted by molar-refractivity contribution is 5.56. The van der Waals surface area contributed by atoms with Crippen LogP contribution in [0.5, 0.6) is 0 Å². The minimum atomic E-state index is 0.616. The van der Waals surface area contributed by atoms with E-state index in [2.05, 4.69) is 53.3 Å². The Kier molecular flexibility index (Phi) is 6.56. The molecule has 0 bridgehead atoms. The second-order valence-corrected chi connectivity index (χ2v) is 4.89. The zero-order valence-electron chi connectivity index (χ0n) is 12.8. The lowest BCUT2D eigenvalue weighted by Crippen LogP contribution is -2.32. The molecule has 0 aliphatic carbocycles. The lowest BCUT2D eigenvalue weighted by Gasteiger charge is -2.23. The molecule has 1 unspecified atom stereocenters. The monoisotopic (exact) mass is 265 g/mol. The number of anilines is 2. The third kappa shape index (κ3) is 4.67. The molecule has 108 valence electrons. The average molecular weight is 265 g/mol. The second kappa shape index (κ2) is 7.94.